The van der Waals surface area contributed by atoms with Crippen molar-refractivity contribution in [1.82, 2.24) is 4.31 Å². The number of benzene rings is 2. The molecule has 0 aromatic heterocycles. The van der Waals surface area contributed by atoms with E-state index in [9.17, 15) is 25.6 Å². The molecule has 158 valence electrons. The number of rotatable bonds is 5. The van der Waals surface area contributed by atoms with E-state index in [-0.39, 0.29) is 22.4 Å². The number of halogens is 2. The van der Waals surface area contributed by atoms with Gasteiger partial charge >= 0.3 is 0 Å². The largest absolute Gasteiger partial charge is 0.280 e. The second-order valence-electron chi connectivity index (χ2n) is 7.47. The molecule has 0 saturated carbocycles. The highest BCUT2D eigenvalue weighted by molar-refractivity contribution is 7.92. The molecule has 2 aromatic rings. The highest BCUT2D eigenvalue weighted by atomic mass is 32.2. The number of hydrogen-bond acceptors (Lipinski definition) is 4. The Morgan fingerprint density at radius 1 is 0.931 bits per heavy atom. The predicted octanol–water partition coefficient (Wildman–Crippen LogP) is 3.43. The molecule has 0 aliphatic carbocycles. The van der Waals surface area contributed by atoms with E-state index in [0.717, 1.165) is 18.6 Å². The van der Waals surface area contributed by atoms with Gasteiger partial charge in [0.05, 0.1) is 4.90 Å². The first-order chi connectivity index (χ1) is 13.5. The molecular weight excluding hydrogens is 422 g/mol. The van der Waals surface area contributed by atoms with Crippen LogP contribution in [0, 0.1) is 23.5 Å². The zero-order valence-corrected chi connectivity index (χ0v) is 17.6. The highest BCUT2D eigenvalue weighted by Gasteiger charge is 2.31. The molecule has 0 spiro atoms. The zero-order chi connectivity index (χ0) is 21.4. The van der Waals surface area contributed by atoms with Crippen molar-refractivity contribution in [3.05, 3.63) is 54.1 Å². The second kappa shape index (κ2) is 8.00. The van der Waals surface area contributed by atoms with Gasteiger partial charge in [0.2, 0.25) is 10.0 Å². The van der Waals surface area contributed by atoms with Gasteiger partial charge in [0, 0.05) is 24.8 Å². The summed E-state index contributed by atoms with van der Waals surface area (Å²) in [5, 5.41) is 0. The third-order valence-corrected chi connectivity index (χ3v) is 8.02. The van der Waals surface area contributed by atoms with E-state index in [4.69, 9.17) is 0 Å². The SMILES string of the molecule is CC1CC(C)CN(S(=O)(=O)c2ccc(NS(=O)(=O)c3ccc(F)cc3F)cc2)C1. The number of nitrogens with one attached hydrogen (secondary N) is 1. The molecule has 2 aromatic carbocycles. The second-order valence-corrected chi connectivity index (χ2v) is 11.1. The van der Waals surface area contributed by atoms with E-state index >= 15 is 0 Å². The third-order valence-electron chi connectivity index (χ3n) is 4.76. The van der Waals surface area contributed by atoms with Gasteiger partial charge in [-0.1, -0.05) is 13.8 Å². The molecule has 6 nitrogen and oxygen atoms in total. The van der Waals surface area contributed by atoms with Gasteiger partial charge in [0.25, 0.3) is 10.0 Å². The highest BCUT2D eigenvalue weighted by Crippen LogP contribution is 2.28. The summed E-state index contributed by atoms with van der Waals surface area (Å²) in [6.45, 7) is 4.88. The summed E-state index contributed by atoms with van der Waals surface area (Å²) in [4.78, 5) is -0.651. The van der Waals surface area contributed by atoms with Crippen molar-refractivity contribution in [3.63, 3.8) is 0 Å². The average molecular weight is 445 g/mol. The smallest absolute Gasteiger partial charge is 0.264 e. The van der Waals surface area contributed by atoms with Crippen LogP contribution in [0.2, 0.25) is 0 Å². The molecule has 2 atom stereocenters. The number of anilines is 1. The van der Waals surface area contributed by atoms with Crippen LogP contribution >= 0.6 is 0 Å². The Bertz CT molecular complexity index is 1090. The first kappa shape index (κ1) is 21.7. The standard InChI is InChI=1S/C19H22F2N2O4S2/c1-13-9-14(2)12-23(11-13)29(26,27)17-6-4-16(5-7-17)22-28(24,25)19-8-3-15(20)10-18(19)21/h3-8,10,13-14,22H,9,11-12H2,1-2H3. The van der Waals surface area contributed by atoms with Gasteiger partial charge in [-0.15, -0.1) is 0 Å². The quantitative estimate of drug-likeness (QED) is 0.766. The van der Waals surface area contributed by atoms with Gasteiger partial charge in [0.1, 0.15) is 16.5 Å². The van der Waals surface area contributed by atoms with Crippen LogP contribution in [0.1, 0.15) is 20.3 Å². The molecule has 0 radical (unpaired) electrons. The van der Waals surface area contributed by atoms with E-state index in [1.807, 2.05) is 13.8 Å². The molecule has 0 amide bonds. The first-order valence-corrected chi connectivity index (χ1v) is 12.0. The van der Waals surface area contributed by atoms with Crippen molar-refractivity contribution < 1.29 is 25.6 Å². The Hall–Kier alpha value is -2.04. The van der Waals surface area contributed by atoms with Crippen molar-refractivity contribution in [3.8, 4) is 0 Å². The lowest BCUT2D eigenvalue weighted by atomic mass is 9.94. The molecule has 29 heavy (non-hydrogen) atoms. The van der Waals surface area contributed by atoms with Gasteiger partial charge in [-0.3, -0.25) is 4.72 Å². The topological polar surface area (TPSA) is 83.6 Å². The van der Waals surface area contributed by atoms with Crippen LogP contribution in [0.3, 0.4) is 0 Å². The Kier molecular flexibility index (Phi) is 5.98. The molecule has 1 saturated heterocycles. The third kappa shape index (κ3) is 4.76. The monoisotopic (exact) mass is 444 g/mol. The maximum Gasteiger partial charge on any atom is 0.264 e. The van der Waals surface area contributed by atoms with Crippen molar-refractivity contribution in [2.75, 3.05) is 17.8 Å². The molecule has 10 heteroatoms. The molecular formula is C19H22F2N2O4S2. The fourth-order valence-electron chi connectivity index (χ4n) is 3.55. The molecule has 3 rings (SSSR count). The number of nitrogens with zero attached hydrogens (tertiary/aromatic N) is 1. The minimum atomic E-state index is -4.30. The Labute approximate surface area is 169 Å². The molecule has 1 aliphatic heterocycles. The summed E-state index contributed by atoms with van der Waals surface area (Å²) in [6, 6.07) is 7.34. The van der Waals surface area contributed by atoms with Gasteiger partial charge < -0.3 is 0 Å². The van der Waals surface area contributed by atoms with Crippen molar-refractivity contribution in [2.24, 2.45) is 11.8 Å². The van der Waals surface area contributed by atoms with Crippen molar-refractivity contribution >= 4 is 25.7 Å². The van der Waals surface area contributed by atoms with E-state index in [1.165, 1.54) is 28.6 Å². The first-order valence-electron chi connectivity index (χ1n) is 9.07. The van der Waals surface area contributed by atoms with Crippen LogP contribution in [-0.4, -0.2) is 34.2 Å². The minimum Gasteiger partial charge on any atom is -0.280 e. The Morgan fingerprint density at radius 3 is 2.07 bits per heavy atom. The maximum absolute atomic E-state index is 13.8. The molecule has 0 bridgehead atoms. The predicted molar refractivity (Wildman–Crippen MR) is 105 cm³/mol. The summed E-state index contributed by atoms with van der Waals surface area (Å²) in [5.74, 6) is -1.60. The van der Waals surface area contributed by atoms with Gasteiger partial charge in [-0.25, -0.2) is 25.6 Å². The molecule has 2 unspecified atom stereocenters. The van der Waals surface area contributed by atoms with Gasteiger partial charge in [-0.2, -0.15) is 4.31 Å². The lowest BCUT2D eigenvalue weighted by Crippen LogP contribution is -2.42. The lowest BCUT2D eigenvalue weighted by Gasteiger charge is -2.34. The molecule has 1 aliphatic rings. The Balaban J connectivity index is 1.81. The summed E-state index contributed by atoms with van der Waals surface area (Å²) < 4.78 is 80.8. The van der Waals surface area contributed by atoms with Crippen LogP contribution in [0.4, 0.5) is 14.5 Å². The lowest BCUT2D eigenvalue weighted by molar-refractivity contribution is 0.222. The number of sulfonamides is 2. The zero-order valence-electron chi connectivity index (χ0n) is 16.0. The van der Waals surface area contributed by atoms with Crippen LogP contribution < -0.4 is 4.72 Å². The molecule has 1 N–H and O–H groups in total. The van der Waals surface area contributed by atoms with E-state index in [0.29, 0.717) is 19.2 Å². The average Bonchev–Trinajstić information content (AvgIpc) is 2.60. The van der Waals surface area contributed by atoms with Crippen LogP contribution in [0.15, 0.2) is 52.3 Å². The Morgan fingerprint density at radius 2 is 1.52 bits per heavy atom. The van der Waals surface area contributed by atoms with E-state index in [2.05, 4.69) is 4.72 Å². The molecule has 1 fully saturated rings. The fourth-order valence-corrected chi connectivity index (χ4v) is 6.35. The van der Waals surface area contributed by atoms with Crippen LogP contribution in [0.25, 0.3) is 0 Å². The van der Waals surface area contributed by atoms with Crippen LogP contribution in [0.5, 0.6) is 0 Å². The summed E-state index contributed by atoms with van der Waals surface area (Å²) >= 11 is 0. The number of hydrogen-bond donors (Lipinski definition) is 1. The summed E-state index contributed by atoms with van der Waals surface area (Å²) in [5.41, 5.74) is 0.0630. The van der Waals surface area contributed by atoms with Crippen LogP contribution in [-0.2, 0) is 20.0 Å². The van der Waals surface area contributed by atoms with Gasteiger partial charge in [-0.05, 0) is 54.7 Å². The normalized spacial score (nSPS) is 21.1. The number of piperidine rings is 1. The summed E-state index contributed by atoms with van der Waals surface area (Å²) in [7, 11) is -7.99. The molecule has 1 heterocycles. The fraction of sp³-hybridized carbons (Fsp3) is 0.368. The minimum absolute atomic E-state index is 0.0507. The van der Waals surface area contributed by atoms with Crippen molar-refractivity contribution in [2.45, 2.75) is 30.1 Å². The maximum atomic E-state index is 13.8. The summed E-state index contributed by atoms with van der Waals surface area (Å²) in [6.07, 6.45) is 0.965. The van der Waals surface area contributed by atoms with Crippen molar-refractivity contribution in [1.29, 1.82) is 0 Å². The van der Waals surface area contributed by atoms with E-state index in [1.54, 1.807) is 0 Å². The van der Waals surface area contributed by atoms with E-state index < -0.39 is 36.6 Å². The van der Waals surface area contributed by atoms with Gasteiger partial charge in [0.15, 0.2) is 0 Å².